The smallest absolute Gasteiger partial charge is 0.147 e. The zero-order chi connectivity index (χ0) is 14.1. The Morgan fingerprint density at radius 3 is 2.70 bits per heavy atom. The van der Waals surface area contributed by atoms with E-state index in [9.17, 15) is 4.39 Å². The van der Waals surface area contributed by atoms with E-state index >= 15 is 0 Å². The first kappa shape index (κ1) is 13.1. The van der Waals surface area contributed by atoms with E-state index in [-0.39, 0.29) is 11.9 Å². The first-order valence-corrected chi connectivity index (χ1v) is 7.07. The van der Waals surface area contributed by atoms with Crippen LogP contribution in [0.5, 0.6) is 0 Å². The highest BCUT2D eigenvalue weighted by molar-refractivity contribution is 5.68. The standard InChI is InChI=1S/C17H19FN2/c1-12(19)14-8-9-17(15(18)11-14)20-10-4-6-13-5-2-3-7-16(13)20/h2-3,5,7-9,11-12H,4,6,10,19H2,1H3/t12-/m0/s1. The largest absolute Gasteiger partial charge is 0.339 e. The molecule has 0 radical (unpaired) electrons. The minimum Gasteiger partial charge on any atom is -0.339 e. The van der Waals surface area contributed by atoms with Gasteiger partial charge in [-0.2, -0.15) is 0 Å². The van der Waals surface area contributed by atoms with Crippen molar-refractivity contribution in [1.82, 2.24) is 0 Å². The molecule has 3 heteroatoms. The molecule has 0 saturated heterocycles. The summed E-state index contributed by atoms with van der Waals surface area (Å²) in [6, 6.07) is 13.4. The van der Waals surface area contributed by atoms with E-state index in [2.05, 4.69) is 17.0 Å². The number of para-hydroxylation sites is 1. The van der Waals surface area contributed by atoms with Gasteiger partial charge < -0.3 is 10.6 Å². The Labute approximate surface area is 119 Å². The second-order valence-corrected chi connectivity index (χ2v) is 5.38. The maximum Gasteiger partial charge on any atom is 0.147 e. The number of hydrogen-bond donors (Lipinski definition) is 1. The molecule has 0 fully saturated rings. The Morgan fingerprint density at radius 1 is 1.15 bits per heavy atom. The van der Waals surface area contributed by atoms with E-state index in [0.29, 0.717) is 5.69 Å². The van der Waals surface area contributed by atoms with E-state index in [0.717, 1.165) is 30.6 Å². The topological polar surface area (TPSA) is 29.3 Å². The summed E-state index contributed by atoms with van der Waals surface area (Å²) < 4.78 is 14.4. The number of anilines is 2. The summed E-state index contributed by atoms with van der Waals surface area (Å²) in [5.74, 6) is -0.198. The van der Waals surface area contributed by atoms with Crippen molar-refractivity contribution < 1.29 is 4.39 Å². The highest BCUT2D eigenvalue weighted by Crippen LogP contribution is 2.35. The monoisotopic (exact) mass is 270 g/mol. The van der Waals surface area contributed by atoms with Gasteiger partial charge in [0.05, 0.1) is 5.69 Å². The van der Waals surface area contributed by atoms with Gasteiger partial charge in [0.1, 0.15) is 5.82 Å². The SMILES string of the molecule is C[C@H](N)c1ccc(N2CCCc3ccccc32)c(F)c1. The van der Waals surface area contributed by atoms with Gasteiger partial charge >= 0.3 is 0 Å². The van der Waals surface area contributed by atoms with Crippen LogP contribution in [0.2, 0.25) is 0 Å². The van der Waals surface area contributed by atoms with Crippen LogP contribution in [0.15, 0.2) is 42.5 Å². The molecule has 0 bridgehead atoms. The first-order valence-electron chi connectivity index (χ1n) is 7.07. The first-order chi connectivity index (χ1) is 9.66. The molecule has 0 unspecified atom stereocenters. The summed E-state index contributed by atoms with van der Waals surface area (Å²) in [6.07, 6.45) is 2.11. The van der Waals surface area contributed by atoms with Crippen molar-refractivity contribution >= 4 is 11.4 Å². The van der Waals surface area contributed by atoms with E-state index in [1.165, 1.54) is 5.56 Å². The Kier molecular flexibility index (Phi) is 3.45. The van der Waals surface area contributed by atoms with Crippen LogP contribution < -0.4 is 10.6 Å². The van der Waals surface area contributed by atoms with Gasteiger partial charge in [-0.25, -0.2) is 4.39 Å². The predicted octanol–water partition coefficient (Wildman–Crippen LogP) is 3.93. The molecule has 2 aromatic rings. The minimum atomic E-state index is -0.198. The van der Waals surface area contributed by atoms with Crippen LogP contribution in [0.25, 0.3) is 0 Å². The zero-order valence-corrected chi connectivity index (χ0v) is 11.6. The number of nitrogens with two attached hydrogens (primary N) is 1. The summed E-state index contributed by atoms with van der Waals surface area (Å²) in [5, 5.41) is 0. The van der Waals surface area contributed by atoms with Crippen molar-refractivity contribution in [2.24, 2.45) is 5.73 Å². The fourth-order valence-electron chi connectivity index (χ4n) is 2.81. The molecule has 2 N–H and O–H groups in total. The summed E-state index contributed by atoms with van der Waals surface area (Å²) in [6.45, 7) is 2.72. The molecule has 1 aliphatic heterocycles. The number of nitrogens with zero attached hydrogens (tertiary/aromatic N) is 1. The minimum absolute atomic E-state index is 0.146. The molecule has 0 spiro atoms. The van der Waals surface area contributed by atoms with Crippen LogP contribution >= 0.6 is 0 Å². The molecule has 1 aliphatic rings. The van der Waals surface area contributed by atoms with Crippen LogP contribution in [-0.4, -0.2) is 6.54 Å². The average molecular weight is 270 g/mol. The molecular weight excluding hydrogens is 251 g/mol. The number of rotatable bonds is 2. The van der Waals surface area contributed by atoms with Gasteiger partial charge in [-0.1, -0.05) is 24.3 Å². The zero-order valence-electron chi connectivity index (χ0n) is 11.6. The summed E-state index contributed by atoms with van der Waals surface area (Å²) in [4.78, 5) is 2.07. The van der Waals surface area contributed by atoms with Gasteiger partial charge in [-0.3, -0.25) is 0 Å². The lowest BCUT2D eigenvalue weighted by atomic mass is 10.0. The van der Waals surface area contributed by atoms with Crippen molar-refractivity contribution in [3.05, 3.63) is 59.4 Å². The molecule has 1 heterocycles. The molecule has 104 valence electrons. The van der Waals surface area contributed by atoms with Crippen molar-refractivity contribution in [3.8, 4) is 0 Å². The number of aryl methyl sites for hydroxylation is 1. The van der Waals surface area contributed by atoms with Crippen molar-refractivity contribution in [1.29, 1.82) is 0 Å². The maximum absolute atomic E-state index is 14.4. The van der Waals surface area contributed by atoms with Gasteiger partial charge in [-0.05, 0) is 49.1 Å². The highest BCUT2D eigenvalue weighted by Gasteiger charge is 2.20. The summed E-state index contributed by atoms with van der Waals surface area (Å²) in [7, 11) is 0. The number of benzene rings is 2. The molecular formula is C17H19FN2. The van der Waals surface area contributed by atoms with Crippen molar-refractivity contribution in [2.75, 3.05) is 11.4 Å². The van der Waals surface area contributed by atoms with E-state index in [4.69, 9.17) is 5.73 Å². The normalized spacial score (nSPS) is 15.8. The van der Waals surface area contributed by atoms with Crippen molar-refractivity contribution in [3.63, 3.8) is 0 Å². The third-order valence-corrected chi connectivity index (χ3v) is 3.90. The molecule has 0 aliphatic carbocycles. The van der Waals surface area contributed by atoms with Gasteiger partial charge in [0.25, 0.3) is 0 Å². The third-order valence-electron chi connectivity index (χ3n) is 3.90. The van der Waals surface area contributed by atoms with Gasteiger partial charge in [0.2, 0.25) is 0 Å². The number of hydrogen-bond acceptors (Lipinski definition) is 2. The lowest BCUT2D eigenvalue weighted by Crippen LogP contribution is -2.25. The molecule has 0 saturated carbocycles. The Bertz CT molecular complexity index is 622. The molecule has 0 aromatic heterocycles. The van der Waals surface area contributed by atoms with Crippen LogP contribution in [-0.2, 0) is 6.42 Å². The van der Waals surface area contributed by atoms with Crippen LogP contribution in [0.3, 0.4) is 0 Å². The molecule has 20 heavy (non-hydrogen) atoms. The summed E-state index contributed by atoms with van der Waals surface area (Å²) in [5.41, 5.74) is 9.68. The Morgan fingerprint density at radius 2 is 1.95 bits per heavy atom. The van der Waals surface area contributed by atoms with Crippen molar-refractivity contribution in [2.45, 2.75) is 25.8 Å². The lowest BCUT2D eigenvalue weighted by Gasteiger charge is -2.31. The Hall–Kier alpha value is -1.87. The van der Waals surface area contributed by atoms with Gasteiger partial charge in [0.15, 0.2) is 0 Å². The fraction of sp³-hybridized carbons (Fsp3) is 0.294. The maximum atomic E-state index is 14.4. The highest BCUT2D eigenvalue weighted by atomic mass is 19.1. The van der Waals surface area contributed by atoms with Gasteiger partial charge in [-0.15, -0.1) is 0 Å². The van der Waals surface area contributed by atoms with Crippen LogP contribution in [0, 0.1) is 5.82 Å². The van der Waals surface area contributed by atoms with Gasteiger partial charge in [0, 0.05) is 18.3 Å². The second-order valence-electron chi connectivity index (χ2n) is 5.38. The second kappa shape index (κ2) is 5.25. The quantitative estimate of drug-likeness (QED) is 0.896. The fourth-order valence-corrected chi connectivity index (χ4v) is 2.81. The number of fused-ring (bicyclic) bond motifs is 1. The Balaban J connectivity index is 2.02. The molecule has 0 amide bonds. The number of halogens is 1. The molecule has 2 nitrogen and oxygen atoms in total. The molecule has 3 rings (SSSR count). The molecule has 2 aromatic carbocycles. The van der Waals surface area contributed by atoms with E-state index in [1.807, 2.05) is 31.2 Å². The van der Waals surface area contributed by atoms with Crippen LogP contribution in [0.1, 0.15) is 30.5 Å². The predicted molar refractivity (Wildman–Crippen MR) is 80.8 cm³/mol. The van der Waals surface area contributed by atoms with E-state index in [1.54, 1.807) is 6.07 Å². The lowest BCUT2D eigenvalue weighted by molar-refractivity contribution is 0.615. The average Bonchev–Trinajstić information content (AvgIpc) is 2.46. The van der Waals surface area contributed by atoms with E-state index < -0.39 is 0 Å². The molecule has 1 atom stereocenters. The van der Waals surface area contributed by atoms with Crippen LogP contribution in [0.4, 0.5) is 15.8 Å². The summed E-state index contributed by atoms with van der Waals surface area (Å²) >= 11 is 0. The third kappa shape index (κ3) is 2.29.